The SMILES string of the molecule is O=C(OC[C@H](OC(=O)c1cc(O)c(O)c(O)c1)[C@@H](OC(=O)c1cc(O)c(O)c(O)c1)[C@H](OC(=O)c1cc(O)c(O)c(O)c1)[C@@H](COC(=O)c1cc(O)c(O)c(O)c1)OC(=O)c1cc(O)c(O)c(O)c1)c1cc(O)c(O)c(O)c1. The molecule has 0 saturated heterocycles. The minimum Gasteiger partial charge on any atom is -0.504 e. The number of aromatic hydroxyl groups is 18. The summed E-state index contributed by atoms with van der Waals surface area (Å²) in [7, 11) is 0. The molecule has 0 spiro atoms. The zero-order chi connectivity index (χ0) is 57.8. The molecule has 410 valence electrons. The molecular formula is C48H38O30. The predicted octanol–water partition coefficient (Wildman–Crippen LogP) is 2.30. The summed E-state index contributed by atoms with van der Waals surface area (Å²) in [6, 6.07) is 5.61. The van der Waals surface area contributed by atoms with E-state index in [0.29, 0.717) is 72.8 Å². The van der Waals surface area contributed by atoms with Gasteiger partial charge >= 0.3 is 35.8 Å². The molecule has 0 radical (unpaired) electrons. The molecule has 6 rings (SSSR count). The highest BCUT2D eigenvalue weighted by atomic mass is 16.6. The second-order valence-electron chi connectivity index (χ2n) is 16.0. The Hall–Kier alpha value is -11.5. The van der Waals surface area contributed by atoms with Crippen LogP contribution in [0.1, 0.15) is 62.1 Å². The van der Waals surface area contributed by atoms with Crippen molar-refractivity contribution in [3.8, 4) is 103 Å². The fourth-order valence-electron chi connectivity index (χ4n) is 6.71. The van der Waals surface area contributed by atoms with Crippen LogP contribution < -0.4 is 0 Å². The molecule has 0 heterocycles. The molecule has 6 aromatic carbocycles. The molecule has 30 nitrogen and oxygen atoms in total. The standard InChI is InChI=1S/C48H38O30/c49-21-1-15(2-22(50)35(21)61)43(67)73-13-33(75-45(69)17-5-25(53)37(63)26(54)6-17)41(77-47(71)19-9-29(57)39(65)30(58)10-19)42(78-48(72)20-11-31(59)40(66)32(60)12-20)34(76-46(70)18-7-27(55)38(64)28(56)8-18)14-74-44(68)16-3-23(51)36(62)24(52)4-16/h1-12,33-34,41-42,49-66H,13-14H2/t33-,34+,41-,42-/m1/s1. The number of carbonyl (C=O) groups excluding carboxylic acids is 6. The fraction of sp³-hybridized carbons (Fsp3) is 0.125. The third-order valence-electron chi connectivity index (χ3n) is 10.6. The molecule has 0 aliphatic heterocycles. The lowest BCUT2D eigenvalue weighted by molar-refractivity contribution is -0.138. The summed E-state index contributed by atoms with van der Waals surface area (Å²) in [5.41, 5.74) is -5.47. The fourth-order valence-corrected chi connectivity index (χ4v) is 6.71. The van der Waals surface area contributed by atoms with Crippen molar-refractivity contribution < 1.29 is 149 Å². The van der Waals surface area contributed by atoms with E-state index in [-0.39, 0.29) is 0 Å². The molecule has 4 atom stereocenters. The van der Waals surface area contributed by atoms with Crippen molar-refractivity contribution in [3.05, 3.63) is 106 Å². The smallest absolute Gasteiger partial charge is 0.338 e. The number of rotatable bonds is 17. The summed E-state index contributed by atoms with van der Waals surface area (Å²) in [4.78, 5) is 84.0. The summed E-state index contributed by atoms with van der Waals surface area (Å²) in [6.45, 7) is -3.21. The number of ether oxygens (including phenoxy) is 6. The van der Waals surface area contributed by atoms with E-state index >= 15 is 0 Å². The molecule has 78 heavy (non-hydrogen) atoms. The number of phenolic OH excluding ortho intramolecular Hbond substituents is 18. The maximum absolute atomic E-state index is 14.3. The van der Waals surface area contributed by atoms with Gasteiger partial charge in [-0.2, -0.15) is 0 Å². The lowest BCUT2D eigenvalue weighted by atomic mass is 10.0. The van der Waals surface area contributed by atoms with Gasteiger partial charge in [0.25, 0.3) is 0 Å². The van der Waals surface area contributed by atoms with Crippen molar-refractivity contribution in [3.63, 3.8) is 0 Å². The third-order valence-corrected chi connectivity index (χ3v) is 10.6. The van der Waals surface area contributed by atoms with Crippen LogP contribution in [0, 0.1) is 0 Å². The molecule has 6 aromatic rings. The average molecular weight is 1090 g/mol. The predicted molar refractivity (Wildman–Crippen MR) is 246 cm³/mol. The second kappa shape index (κ2) is 22.3. The van der Waals surface area contributed by atoms with Gasteiger partial charge in [-0.05, 0) is 72.8 Å². The molecule has 0 aliphatic carbocycles. The van der Waals surface area contributed by atoms with E-state index in [2.05, 4.69) is 0 Å². The van der Waals surface area contributed by atoms with Gasteiger partial charge in [0.15, 0.2) is 128 Å². The number of hydrogen-bond acceptors (Lipinski definition) is 30. The zero-order valence-electron chi connectivity index (χ0n) is 38.6. The van der Waals surface area contributed by atoms with E-state index < -0.39 is 210 Å². The van der Waals surface area contributed by atoms with Crippen LogP contribution in [0.4, 0.5) is 0 Å². The summed E-state index contributed by atoms with van der Waals surface area (Å²) in [5.74, 6) is -32.0. The Labute approximate surface area is 431 Å². The Morgan fingerprint density at radius 3 is 0.590 bits per heavy atom. The van der Waals surface area contributed by atoms with Crippen LogP contribution in [0.25, 0.3) is 0 Å². The number of phenols is 18. The lowest BCUT2D eigenvalue weighted by Crippen LogP contribution is -2.54. The highest BCUT2D eigenvalue weighted by Gasteiger charge is 2.47. The van der Waals surface area contributed by atoms with Gasteiger partial charge in [0.05, 0.1) is 33.4 Å². The van der Waals surface area contributed by atoms with Crippen LogP contribution in [0.2, 0.25) is 0 Å². The molecule has 0 amide bonds. The van der Waals surface area contributed by atoms with E-state index in [0.717, 1.165) is 0 Å². The Kier molecular flexibility index (Phi) is 16.0. The maximum atomic E-state index is 14.3. The van der Waals surface area contributed by atoms with Crippen molar-refractivity contribution in [2.75, 3.05) is 13.2 Å². The minimum atomic E-state index is -2.93. The largest absolute Gasteiger partial charge is 0.504 e. The Bertz CT molecular complexity index is 3040. The topological polar surface area (TPSA) is 522 Å². The zero-order valence-corrected chi connectivity index (χ0v) is 38.6. The first-order valence-electron chi connectivity index (χ1n) is 21.2. The van der Waals surface area contributed by atoms with Gasteiger partial charge in [-0.25, -0.2) is 28.8 Å². The van der Waals surface area contributed by atoms with Crippen molar-refractivity contribution in [2.24, 2.45) is 0 Å². The van der Waals surface area contributed by atoms with Gasteiger partial charge in [-0.15, -0.1) is 0 Å². The van der Waals surface area contributed by atoms with Crippen LogP contribution in [-0.4, -0.2) is 165 Å². The highest BCUT2D eigenvalue weighted by molar-refractivity contribution is 5.95. The first-order valence-corrected chi connectivity index (χ1v) is 21.2. The average Bonchev–Trinajstić information content (AvgIpc) is 3.39. The molecule has 30 heteroatoms. The van der Waals surface area contributed by atoms with Crippen molar-refractivity contribution >= 4 is 35.8 Å². The highest BCUT2D eigenvalue weighted by Crippen LogP contribution is 2.41. The molecule has 0 bridgehead atoms. The molecule has 0 aromatic heterocycles. The van der Waals surface area contributed by atoms with Gasteiger partial charge in [0.2, 0.25) is 0 Å². The van der Waals surface area contributed by atoms with Gasteiger partial charge in [0.1, 0.15) is 13.2 Å². The van der Waals surface area contributed by atoms with Crippen LogP contribution in [0.15, 0.2) is 72.8 Å². The van der Waals surface area contributed by atoms with Gasteiger partial charge in [-0.1, -0.05) is 0 Å². The summed E-state index contributed by atoms with van der Waals surface area (Å²) < 4.78 is 32.9. The Balaban J connectivity index is 1.63. The van der Waals surface area contributed by atoms with Crippen LogP contribution in [0.5, 0.6) is 103 Å². The number of esters is 6. The van der Waals surface area contributed by atoms with Crippen LogP contribution >= 0.6 is 0 Å². The number of hydrogen-bond donors (Lipinski definition) is 18. The van der Waals surface area contributed by atoms with Gasteiger partial charge in [-0.3, -0.25) is 0 Å². The maximum Gasteiger partial charge on any atom is 0.338 e. The minimum absolute atomic E-state index is 0.426. The number of carbonyl (C=O) groups is 6. The Morgan fingerprint density at radius 2 is 0.410 bits per heavy atom. The monoisotopic (exact) mass is 1090 g/mol. The van der Waals surface area contributed by atoms with E-state index in [9.17, 15) is 121 Å². The van der Waals surface area contributed by atoms with Gasteiger partial charge in [0, 0.05) is 0 Å². The summed E-state index contributed by atoms with van der Waals surface area (Å²) in [6.07, 6.45) is -11.3. The molecule has 0 unspecified atom stereocenters. The first kappa shape index (κ1) is 55.8. The van der Waals surface area contributed by atoms with E-state index in [1.54, 1.807) is 0 Å². The van der Waals surface area contributed by atoms with E-state index in [1.165, 1.54) is 0 Å². The summed E-state index contributed by atoms with van der Waals surface area (Å²) in [5, 5.41) is 183. The number of benzene rings is 6. The summed E-state index contributed by atoms with van der Waals surface area (Å²) >= 11 is 0. The molecule has 0 saturated carbocycles. The van der Waals surface area contributed by atoms with Gasteiger partial charge < -0.3 is 120 Å². The molecule has 0 aliphatic rings. The molecule has 18 N–H and O–H groups in total. The second-order valence-corrected chi connectivity index (χ2v) is 16.0. The van der Waals surface area contributed by atoms with Crippen LogP contribution in [0.3, 0.4) is 0 Å². The normalized spacial score (nSPS) is 12.5. The third kappa shape index (κ3) is 12.1. The lowest BCUT2D eigenvalue weighted by Gasteiger charge is -2.36. The van der Waals surface area contributed by atoms with E-state index in [4.69, 9.17) is 28.4 Å². The molecular weight excluding hydrogens is 1060 g/mol. The van der Waals surface area contributed by atoms with Crippen molar-refractivity contribution in [2.45, 2.75) is 24.4 Å². The molecule has 0 fully saturated rings. The van der Waals surface area contributed by atoms with Crippen LogP contribution in [-0.2, 0) is 28.4 Å². The van der Waals surface area contributed by atoms with Crippen molar-refractivity contribution in [1.29, 1.82) is 0 Å². The van der Waals surface area contributed by atoms with E-state index in [1.807, 2.05) is 0 Å². The van der Waals surface area contributed by atoms with Crippen molar-refractivity contribution in [1.82, 2.24) is 0 Å². The first-order chi connectivity index (χ1) is 36.6. The Morgan fingerprint density at radius 1 is 0.256 bits per heavy atom. The quantitative estimate of drug-likeness (QED) is 0.0354.